The molecular weight excluding hydrogens is 224 g/mol. The maximum atomic E-state index is 4.25. The van der Waals surface area contributed by atoms with Crippen molar-refractivity contribution in [3.63, 3.8) is 0 Å². The molecule has 0 saturated heterocycles. The lowest BCUT2D eigenvalue weighted by Gasteiger charge is -2.19. The van der Waals surface area contributed by atoms with Gasteiger partial charge in [-0.1, -0.05) is 38.2 Å². The molecule has 17 heavy (non-hydrogen) atoms. The van der Waals surface area contributed by atoms with Crippen molar-refractivity contribution in [3.8, 4) is 11.8 Å². The van der Waals surface area contributed by atoms with Gasteiger partial charge in [0.25, 0.3) is 0 Å². The first-order chi connectivity index (χ1) is 8.12. The molecule has 0 aromatic heterocycles. The molecule has 0 radical (unpaired) electrons. The van der Waals surface area contributed by atoms with Gasteiger partial charge in [-0.3, -0.25) is 0 Å². The van der Waals surface area contributed by atoms with Gasteiger partial charge in [0.2, 0.25) is 0 Å². The molecule has 0 atom stereocenters. The van der Waals surface area contributed by atoms with Crippen LogP contribution in [0.5, 0.6) is 0 Å². The third-order valence-electron chi connectivity index (χ3n) is 2.60. The molecule has 0 N–H and O–H groups in total. The van der Waals surface area contributed by atoms with Gasteiger partial charge in [-0.05, 0) is 43.8 Å². The van der Waals surface area contributed by atoms with Crippen LogP contribution < -0.4 is 0 Å². The number of hydrogen-bond acceptors (Lipinski definition) is 1. The van der Waals surface area contributed by atoms with Crippen LogP contribution in [0.4, 0.5) is 0 Å². The van der Waals surface area contributed by atoms with Crippen LogP contribution in [0.3, 0.4) is 0 Å². The van der Waals surface area contributed by atoms with Crippen LogP contribution in [0.15, 0.2) is 24.3 Å². The van der Waals surface area contributed by atoms with Crippen molar-refractivity contribution in [3.05, 3.63) is 24.3 Å². The summed E-state index contributed by atoms with van der Waals surface area (Å²) >= 11 is 4.25. The Hall–Kier alpha value is -0.610. The zero-order valence-corrected chi connectivity index (χ0v) is 12.4. The fourth-order valence-electron chi connectivity index (χ4n) is 1.58. The highest BCUT2D eigenvalue weighted by Gasteiger charge is 2.11. The monoisotopic (exact) mass is 250 g/mol. The first-order valence-electron chi connectivity index (χ1n) is 6.45. The second-order valence-corrected chi connectivity index (χ2v) is 5.34. The lowest BCUT2D eigenvalue weighted by atomic mass is 9.87. The highest BCUT2D eigenvalue weighted by Crippen LogP contribution is 2.24. The predicted octanol–water partition coefficient (Wildman–Crippen LogP) is 5.03. The normalized spacial score (nSPS) is 12.0. The summed E-state index contributed by atoms with van der Waals surface area (Å²) in [7, 11) is 0. The van der Waals surface area contributed by atoms with Crippen LogP contribution in [0, 0.1) is 17.3 Å². The van der Waals surface area contributed by atoms with Crippen molar-refractivity contribution in [2.75, 3.05) is 5.75 Å². The average Bonchev–Trinajstić information content (AvgIpc) is 2.30. The zero-order chi connectivity index (χ0) is 13.0. The second-order valence-electron chi connectivity index (χ2n) is 4.89. The fourth-order valence-corrected chi connectivity index (χ4v) is 1.74. The Kier molecular flexibility index (Phi) is 10.2. The summed E-state index contributed by atoms with van der Waals surface area (Å²) in [6, 6.07) is 0. The van der Waals surface area contributed by atoms with Gasteiger partial charge in [0.15, 0.2) is 0 Å². The van der Waals surface area contributed by atoms with E-state index in [1.54, 1.807) is 0 Å². The van der Waals surface area contributed by atoms with Crippen molar-refractivity contribution >= 4 is 12.6 Å². The summed E-state index contributed by atoms with van der Waals surface area (Å²) in [6.45, 7) is 6.46. The summed E-state index contributed by atoms with van der Waals surface area (Å²) in [5, 5.41) is 0. The van der Waals surface area contributed by atoms with Gasteiger partial charge < -0.3 is 0 Å². The van der Waals surface area contributed by atoms with E-state index in [-0.39, 0.29) is 0 Å². The van der Waals surface area contributed by atoms with Crippen LogP contribution in [0.25, 0.3) is 0 Å². The van der Waals surface area contributed by atoms with Crippen molar-refractivity contribution in [1.29, 1.82) is 0 Å². The van der Waals surface area contributed by atoms with E-state index in [4.69, 9.17) is 0 Å². The molecule has 0 spiro atoms. The highest BCUT2D eigenvalue weighted by atomic mass is 32.1. The van der Waals surface area contributed by atoms with Crippen molar-refractivity contribution < 1.29 is 0 Å². The maximum Gasteiger partial charge on any atom is 0.0123 e. The minimum Gasteiger partial charge on any atom is -0.179 e. The molecule has 0 unspecified atom stereocenters. The Labute approximate surface area is 113 Å². The van der Waals surface area contributed by atoms with E-state index in [1.165, 1.54) is 12.8 Å². The lowest BCUT2D eigenvalue weighted by molar-refractivity contribution is 0.433. The van der Waals surface area contributed by atoms with E-state index in [1.807, 2.05) is 6.92 Å². The molecule has 0 aromatic carbocycles. The standard InChI is InChI=1S/C16H26S/c1-4-5-6-7-8-9-10-11-13-16(2,3)14-12-15-17/h8-9,11,13,17H,6-7,10,12,14-15H2,1-3H3/b9-8+,13-11-. The second kappa shape index (κ2) is 10.5. The number of unbranched alkanes of at least 4 members (excludes halogenated alkanes) is 1. The molecule has 0 aromatic rings. The van der Waals surface area contributed by atoms with Gasteiger partial charge >= 0.3 is 0 Å². The molecule has 96 valence electrons. The fraction of sp³-hybridized carbons (Fsp3) is 0.625. The van der Waals surface area contributed by atoms with Gasteiger partial charge in [-0.2, -0.15) is 12.6 Å². The molecule has 0 aliphatic rings. The van der Waals surface area contributed by atoms with Crippen molar-refractivity contribution in [1.82, 2.24) is 0 Å². The van der Waals surface area contributed by atoms with Crippen molar-refractivity contribution in [2.24, 2.45) is 5.41 Å². The zero-order valence-electron chi connectivity index (χ0n) is 11.5. The van der Waals surface area contributed by atoms with Crippen molar-refractivity contribution in [2.45, 2.75) is 52.9 Å². The summed E-state index contributed by atoms with van der Waals surface area (Å²) in [5.41, 5.74) is 0.310. The maximum absolute atomic E-state index is 4.25. The van der Waals surface area contributed by atoms with Crippen LogP contribution >= 0.6 is 12.6 Å². The van der Waals surface area contributed by atoms with Crippen LogP contribution in [0.1, 0.15) is 52.9 Å². The molecule has 0 rings (SSSR count). The SMILES string of the molecule is CC#CCC/C=C/C/C=C\C(C)(C)CCCS. The topological polar surface area (TPSA) is 0 Å². The molecule has 0 aliphatic carbocycles. The van der Waals surface area contributed by atoms with E-state index in [2.05, 4.69) is 62.6 Å². The molecule has 0 nitrogen and oxygen atoms in total. The number of allylic oxidation sites excluding steroid dienone is 4. The van der Waals surface area contributed by atoms with Crippen LogP contribution in [0.2, 0.25) is 0 Å². The molecule has 0 fully saturated rings. The quantitative estimate of drug-likeness (QED) is 0.266. The average molecular weight is 250 g/mol. The number of hydrogen-bond donors (Lipinski definition) is 1. The molecule has 0 bridgehead atoms. The Balaban J connectivity index is 3.73. The molecular formula is C16H26S. The number of thiol groups is 1. The first-order valence-corrected chi connectivity index (χ1v) is 7.09. The third kappa shape index (κ3) is 11.6. The molecule has 0 amide bonds. The molecule has 0 aliphatic heterocycles. The number of rotatable bonds is 8. The van der Waals surface area contributed by atoms with Gasteiger partial charge in [0.1, 0.15) is 0 Å². The van der Waals surface area contributed by atoms with E-state index in [0.29, 0.717) is 5.41 Å². The van der Waals surface area contributed by atoms with E-state index in [9.17, 15) is 0 Å². The van der Waals surface area contributed by atoms with Gasteiger partial charge in [0, 0.05) is 6.42 Å². The summed E-state index contributed by atoms with van der Waals surface area (Å²) < 4.78 is 0. The van der Waals surface area contributed by atoms with Crippen LogP contribution in [-0.2, 0) is 0 Å². The van der Waals surface area contributed by atoms with E-state index >= 15 is 0 Å². The highest BCUT2D eigenvalue weighted by molar-refractivity contribution is 7.80. The molecule has 0 heterocycles. The largest absolute Gasteiger partial charge is 0.179 e. The van der Waals surface area contributed by atoms with E-state index in [0.717, 1.165) is 25.0 Å². The summed E-state index contributed by atoms with van der Waals surface area (Å²) in [6.07, 6.45) is 14.5. The predicted molar refractivity (Wildman–Crippen MR) is 82.4 cm³/mol. The Bertz CT molecular complexity index is 286. The van der Waals surface area contributed by atoms with Gasteiger partial charge in [0.05, 0.1) is 0 Å². The summed E-state index contributed by atoms with van der Waals surface area (Å²) in [5.74, 6) is 6.95. The first kappa shape index (κ1) is 16.4. The van der Waals surface area contributed by atoms with E-state index < -0.39 is 0 Å². The Morgan fingerprint density at radius 2 is 1.94 bits per heavy atom. The Morgan fingerprint density at radius 1 is 1.18 bits per heavy atom. The molecule has 0 saturated carbocycles. The minimum absolute atomic E-state index is 0.310. The van der Waals surface area contributed by atoms with Gasteiger partial charge in [-0.25, -0.2) is 0 Å². The molecule has 1 heteroatoms. The lowest BCUT2D eigenvalue weighted by Crippen LogP contribution is -2.07. The van der Waals surface area contributed by atoms with Crippen LogP contribution in [-0.4, -0.2) is 5.75 Å². The Morgan fingerprint density at radius 3 is 2.59 bits per heavy atom. The van der Waals surface area contributed by atoms with Gasteiger partial charge in [-0.15, -0.1) is 11.8 Å². The minimum atomic E-state index is 0.310. The third-order valence-corrected chi connectivity index (χ3v) is 2.92. The smallest absolute Gasteiger partial charge is 0.0123 e. The summed E-state index contributed by atoms with van der Waals surface area (Å²) in [4.78, 5) is 0.